The van der Waals surface area contributed by atoms with E-state index < -0.39 is 0 Å². The molecule has 0 saturated carbocycles. The topological polar surface area (TPSA) is 67.2 Å². The van der Waals surface area contributed by atoms with Crippen LogP contribution in [0.1, 0.15) is 27.9 Å². The summed E-state index contributed by atoms with van der Waals surface area (Å²) in [6.45, 7) is 4.16. The van der Waals surface area contributed by atoms with Gasteiger partial charge in [0.05, 0.1) is 11.1 Å². The van der Waals surface area contributed by atoms with E-state index in [1.54, 1.807) is 18.6 Å². The number of hydrogen-bond donors (Lipinski definition) is 1. The minimum Gasteiger partial charge on any atom is -0.310 e. The maximum absolute atomic E-state index is 12.7. The predicted octanol–water partition coefficient (Wildman–Crippen LogP) is 3.96. The predicted molar refractivity (Wildman–Crippen MR) is 103 cm³/mol. The number of rotatable bonds is 2. The number of amides is 1. The van der Waals surface area contributed by atoms with Crippen LogP contribution in [0.3, 0.4) is 0 Å². The van der Waals surface area contributed by atoms with Crippen LogP contribution in [-0.4, -0.2) is 21.7 Å². The molecule has 0 saturated heterocycles. The van der Waals surface area contributed by atoms with Crippen LogP contribution in [0.2, 0.25) is 0 Å². The minimum atomic E-state index is -0.217. The highest BCUT2D eigenvalue weighted by atomic mass is 16.1. The average Bonchev–Trinajstić information content (AvgIpc) is 3.14. The van der Waals surface area contributed by atoms with Gasteiger partial charge in [0, 0.05) is 30.6 Å². The van der Waals surface area contributed by atoms with Crippen LogP contribution in [-0.2, 0) is 0 Å². The highest BCUT2D eigenvalue weighted by molar-refractivity contribution is 6.14. The van der Waals surface area contributed by atoms with Crippen LogP contribution in [0, 0.1) is 13.8 Å². The van der Waals surface area contributed by atoms with Gasteiger partial charge in [-0.2, -0.15) is 0 Å². The second-order valence-corrected chi connectivity index (χ2v) is 6.30. The maximum atomic E-state index is 12.7. The first kappa shape index (κ1) is 16.1. The number of carbonyl (C=O) groups is 1. The van der Waals surface area contributed by atoms with Gasteiger partial charge in [-0.05, 0) is 36.6 Å². The van der Waals surface area contributed by atoms with Gasteiger partial charge >= 0.3 is 0 Å². The maximum Gasteiger partial charge on any atom is 0.258 e. The molecule has 128 valence electrons. The Morgan fingerprint density at radius 1 is 1.00 bits per heavy atom. The van der Waals surface area contributed by atoms with Crippen molar-refractivity contribution in [3.8, 4) is 11.1 Å². The molecule has 1 N–H and O–H groups in total. The van der Waals surface area contributed by atoms with Crippen molar-refractivity contribution >= 4 is 22.8 Å². The molecule has 5 nitrogen and oxygen atoms in total. The summed E-state index contributed by atoms with van der Waals surface area (Å²) in [5, 5.41) is 2.85. The second kappa shape index (κ2) is 6.52. The average molecular weight is 342 g/mol. The van der Waals surface area contributed by atoms with Gasteiger partial charge in [0.2, 0.25) is 0 Å². The van der Waals surface area contributed by atoms with Gasteiger partial charge in [0.25, 0.3) is 5.91 Å². The first-order valence-corrected chi connectivity index (χ1v) is 8.48. The van der Waals surface area contributed by atoms with Crippen molar-refractivity contribution in [2.24, 2.45) is 4.99 Å². The minimum absolute atomic E-state index is 0.217. The molecule has 3 aromatic rings. The normalized spacial score (nSPS) is 13.1. The number of amidine groups is 1. The van der Waals surface area contributed by atoms with E-state index in [1.165, 1.54) is 11.1 Å². The Morgan fingerprint density at radius 3 is 2.42 bits per heavy atom. The molecule has 0 bridgehead atoms. The zero-order valence-electron chi connectivity index (χ0n) is 14.7. The third-order valence-electron chi connectivity index (χ3n) is 4.53. The first-order valence-electron chi connectivity index (χ1n) is 8.48. The summed E-state index contributed by atoms with van der Waals surface area (Å²) in [5.41, 5.74) is 6.27. The molecule has 4 rings (SSSR count). The van der Waals surface area contributed by atoms with Gasteiger partial charge in [-0.15, -0.1) is 0 Å². The van der Waals surface area contributed by atoms with E-state index in [9.17, 15) is 4.79 Å². The summed E-state index contributed by atoms with van der Waals surface area (Å²) in [6, 6.07) is 9.97. The van der Waals surface area contributed by atoms with E-state index in [2.05, 4.69) is 46.3 Å². The third-order valence-corrected chi connectivity index (χ3v) is 4.53. The van der Waals surface area contributed by atoms with Crippen molar-refractivity contribution in [2.45, 2.75) is 20.3 Å². The van der Waals surface area contributed by atoms with Gasteiger partial charge in [-0.25, -0.2) is 4.99 Å². The van der Waals surface area contributed by atoms with Gasteiger partial charge in [-0.3, -0.25) is 14.8 Å². The van der Waals surface area contributed by atoms with Crippen molar-refractivity contribution < 1.29 is 4.79 Å². The first-order chi connectivity index (χ1) is 12.6. The summed E-state index contributed by atoms with van der Waals surface area (Å²) >= 11 is 0. The summed E-state index contributed by atoms with van der Waals surface area (Å²) in [4.78, 5) is 25.8. The van der Waals surface area contributed by atoms with E-state index in [0.717, 1.165) is 16.6 Å². The van der Waals surface area contributed by atoms with E-state index in [1.807, 2.05) is 24.3 Å². The number of nitrogens with zero attached hydrogens (tertiary/aromatic N) is 3. The fourth-order valence-electron chi connectivity index (χ4n) is 3.32. The number of benzene rings is 2. The molecular weight excluding hydrogens is 324 g/mol. The Hall–Kier alpha value is -3.34. The van der Waals surface area contributed by atoms with Crippen LogP contribution < -0.4 is 5.32 Å². The Balaban J connectivity index is 1.85. The molecule has 1 aromatic heterocycles. The molecule has 1 aliphatic rings. The zero-order chi connectivity index (χ0) is 18.1. The number of aryl methyl sites for hydroxylation is 2. The summed E-state index contributed by atoms with van der Waals surface area (Å²) in [5.74, 6) is 0.428. The van der Waals surface area contributed by atoms with E-state index in [-0.39, 0.29) is 5.91 Å². The Kier molecular flexibility index (Phi) is 4.05. The van der Waals surface area contributed by atoms with Crippen molar-refractivity contribution in [3.63, 3.8) is 0 Å². The summed E-state index contributed by atoms with van der Waals surface area (Å²) in [6.07, 6.45) is 7.50. The molecule has 2 heterocycles. The smallest absolute Gasteiger partial charge is 0.258 e. The second-order valence-electron chi connectivity index (χ2n) is 6.30. The van der Waals surface area contributed by atoms with Gasteiger partial charge in [0.1, 0.15) is 11.4 Å². The molecule has 0 spiro atoms. The highest BCUT2D eigenvalue weighted by Gasteiger charge is 2.18. The number of carbonyl (C=O) groups excluding carboxylic acids is 1. The van der Waals surface area contributed by atoms with E-state index in [4.69, 9.17) is 0 Å². The van der Waals surface area contributed by atoms with Gasteiger partial charge in [-0.1, -0.05) is 30.3 Å². The lowest BCUT2D eigenvalue weighted by atomic mass is 9.93. The lowest BCUT2D eigenvalue weighted by Crippen LogP contribution is -2.29. The Bertz CT molecular complexity index is 1060. The third kappa shape index (κ3) is 2.77. The summed E-state index contributed by atoms with van der Waals surface area (Å²) in [7, 11) is 0. The van der Waals surface area contributed by atoms with Gasteiger partial charge < -0.3 is 5.32 Å². The van der Waals surface area contributed by atoms with Crippen LogP contribution in [0.15, 0.2) is 60.0 Å². The fourth-order valence-corrected chi connectivity index (χ4v) is 3.32. The van der Waals surface area contributed by atoms with E-state index >= 15 is 0 Å². The molecule has 0 fully saturated rings. The molecule has 26 heavy (non-hydrogen) atoms. The molecule has 5 heteroatoms. The zero-order valence-corrected chi connectivity index (χ0v) is 14.7. The number of hydrogen-bond acceptors (Lipinski definition) is 4. The molecule has 0 aliphatic carbocycles. The number of fused-ring (bicyclic) bond motifs is 1. The Morgan fingerprint density at radius 2 is 1.73 bits per heavy atom. The molecular formula is C21H18N4O. The van der Waals surface area contributed by atoms with Crippen LogP contribution in [0.4, 0.5) is 0 Å². The molecule has 1 amide bonds. The highest BCUT2D eigenvalue weighted by Crippen LogP contribution is 2.32. The lowest BCUT2D eigenvalue weighted by molar-refractivity contribution is 0.0978. The lowest BCUT2D eigenvalue weighted by Gasteiger charge is -2.14. The SMILES string of the molecule is Cc1cccc(C)c1-c1ccc(C(=O)NC2=NC=CC2)c2nccnc12. The molecule has 0 radical (unpaired) electrons. The number of nitrogens with one attached hydrogen (secondary N) is 1. The standard InChI is InChI=1S/C21H18N4O/c1-13-5-3-6-14(2)18(13)15-8-9-16(20-19(15)23-11-12-24-20)21(26)25-17-7-4-10-22-17/h3-6,8-12H,7H2,1-2H3,(H,22,25,26). The van der Waals surface area contributed by atoms with E-state index in [0.29, 0.717) is 23.3 Å². The molecule has 0 unspecified atom stereocenters. The monoisotopic (exact) mass is 342 g/mol. The van der Waals surface area contributed by atoms with Crippen molar-refractivity contribution in [2.75, 3.05) is 0 Å². The Labute approximate surface area is 151 Å². The van der Waals surface area contributed by atoms with Crippen molar-refractivity contribution in [1.82, 2.24) is 15.3 Å². The summed E-state index contributed by atoms with van der Waals surface area (Å²) < 4.78 is 0. The van der Waals surface area contributed by atoms with Gasteiger partial charge in [0.15, 0.2) is 0 Å². The molecule has 0 atom stereocenters. The van der Waals surface area contributed by atoms with Crippen molar-refractivity contribution in [3.05, 3.63) is 71.7 Å². The van der Waals surface area contributed by atoms with Crippen molar-refractivity contribution in [1.29, 1.82) is 0 Å². The molecule has 2 aromatic carbocycles. The molecule has 1 aliphatic heterocycles. The largest absolute Gasteiger partial charge is 0.310 e. The van der Waals surface area contributed by atoms with Crippen LogP contribution >= 0.6 is 0 Å². The number of aliphatic imine (C=N–C) groups is 1. The number of aromatic nitrogens is 2. The van der Waals surface area contributed by atoms with Crippen LogP contribution in [0.5, 0.6) is 0 Å². The fraction of sp³-hybridized carbons (Fsp3) is 0.143. The van der Waals surface area contributed by atoms with Crippen LogP contribution in [0.25, 0.3) is 22.2 Å². The quantitative estimate of drug-likeness (QED) is 0.766.